The molecule has 2 aromatic carbocycles. The number of hydrogen-bond donors (Lipinski definition) is 0. The number of fused-ring (bicyclic) bond motifs is 1. The first kappa shape index (κ1) is 16.5. The van der Waals surface area contributed by atoms with Gasteiger partial charge in [0, 0.05) is 16.2 Å². The monoisotopic (exact) mass is 358 g/mol. The highest BCUT2D eigenvalue weighted by molar-refractivity contribution is 7.98. The molecular formula is C21H18N4S. The van der Waals surface area contributed by atoms with Gasteiger partial charge in [0.05, 0.1) is 5.69 Å². The van der Waals surface area contributed by atoms with E-state index in [1.54, 1.807) is 11.8 Å². The van der Waals surface area contributed by atoms with Crippen LogP contribution < -0.4 is 0 Å². The second kappa shape index (κ2) is 7.14. The van der Waals surface area contributed by atoms with E-state index in [1.165, 1.54) is 4.90 Å². The fourth-order valence-corrected chi connectivity index (χ4v) is 3.35. The SMILES string of the molecule is CSc1cccc(N=Nc2c(-c3ccccc3)nc3cccc(C)n23)c1. The van der Waals surface area contributed by atoms with Gasteiger partial charge in [0.25, 0.3) is 0 Å². The predicted octanol–water partition coefficient (Wildman–Crippen LogP) is 6.45. The summed E-state index contributed by atoms with van der Waals surface area (Å²) in [5.74, 6) is 0.749. The maximum atomic E-state index is 4.79. The van der Waals surface area contributed by atoms with Crippen molar-refractivity contribution in [2.75, 3.05) is 6.26 Å². The summed E-state index contributed by atoms with van der Waals surface area (Å²) in [5, 5.41) is 9.08. The number of pyridine rings is 1. The zero-order chi connectivity index (χ0) is 17.9. The van der Waals surface area contributed by atoms with Crippen molar-refractivity contribution in [2.24, 2.45) is 10.2 Å². The summed E-state index contributed by atoms with van der Waals surface area (Å²) in [6.07, 6.45) is 2.05. The van der Waals surface area contributed by atoms with Gasteiger partial charge in [-0.15, -0.1) is 22.0 Å². The van der Waals surface area contributed by atoms with Gasteiger partial charge in [0.1, 0.15) is 11.3 Å². The second-order valence-electron chi connectivity index (χ2n) is 5.91. The fourth-order valence-electron chi connectivity index (χ4n) is 2.90. The van der Waals surface area contributed by atoms with Crippen molar-refractivity contribution >= 4 is 28.9 Å². The van der Waals surface area contributed by atoms with Crippen LogP contribution in [0.2, 0.25) is 0 Å². The molecule has 0 N–H and O–H groups in total. The van der Waals surface area contributed by atoms with Gasteiger partial charge in [0.2, 0.25) is 0 Å². The summed E-state index contributed by atoms with van der Waals surface area (Å²) < 4.78 is 2.05. The van der Waals surface area contributed by atoms with Gasteiger partial charge in [0.15, 0.2) is 5.82 Å². The van der Waals surface area contributed by atoms with Crippen LogP contribution in [0.1, 0.15) is 5.69 Å². The van der Waals surface area contributed by atoms with Crippen LogP contribution in [0.15, 0.2) is 87.9 Å². The predicted molar refractivity (Wildman–Crippen MR) is 108 cm³/mol. The van der Waals surface area contributed by atoms with Crippen LogP contribution in [0.5, 0.6) is 0 Å². The van der Waals surface area contributed by atoms with Gasteiger partial charge in [-0.1, -0.05) is 42.5 Å². The highest BCUT2D eigenvalue weighted by Gasteiger charge is 2.15. The minimum absolute atomic E-state index is 0.749. The molecular weight excluding hydrogens is 340 g/mol. The summed E-state index contributed by atoms with van der Waals surface area (Å²) in [4.78, 5) is 5.96. The summed E-state index contributed by atoms with van der Waals surface area (Å²) in [6, 6.07) is 24.2. The van der Waals surface area contributed by atoms with Crippen LogP contribution >= 0.6 is 11.8 Å². The van der Waals surface area contributed by atoms with Crippen molar-refractivity contribution in [3.8, 4) is 11.3 Å². The maximum absolute atomic E-state index is 4.79. The van der Waals surface area contributed by atoms with Crippen LogP contribution in [0, 0.1) is 6.92 Å². The van der Waals surface area contributed by atoms with Crippen molar-refractivity contribution in [2.45, 2.75) is 11.8 Å². The van der Waals surface area contributed by atoms with E-state index >= 15 is 0 Å². The van der Waals surface area contributed by atoms with Gasteiger partial charge in [-0.05, 0) is 43.5 Å². The minimum atomic E-state index is 0.749. The molecule has 128 valence electrons. The van der Waals surface area contributed by atoms with Crippen molar-refractivity contribution in [1.82, 2.24) is 9.38 Å². The number of rotatable bonds is 4. The molecule has 0 spiro atoms. The molecule has 0 amide bonds. The Bertz CT molecular complexity index is 1080. The largest absolute Gasteiger partial charge is 0.280 e. The van der Waals surface area contributed by atoms with E-state index < -0.39 is 0 Å². The van der Waals surface area contributed by atoms with Gasteiger partial charge < -0.3 is 0 Å². The second-order valence-corrected chi connectivity index (χ2v) is 6.79. The molecule has 0 atom stereocenters. The Labute approximate surface area is 156 Å². The molecule has 0 aliphatic heterocycles. The fraction of sp³-hybridized carbons (Fsp3) is 0.0952. The Balaban J connectivity index is 1.88. The number of imidazole rings is 1. The van der Waals surface area contributed by atoms with Crippen LogP contribution in [0.25, 0.3) is 16.9 Å². The zero-order valence-corrected chi connectivity index (χ0v) is 15.4. The standard InChI is InChI=1S/C21H18N4S/c1-15-8-6-13-19-22-20(16-9-4-3-5-10-16)21(25(15)19)24-23-17-11-7-12-18(14-17)26-2/h3-14H,1-2H3. The van der Waals surface area contributed by atoms with Crippen molar-refractivity contribution < 1.29 is 0 Å². The first-order valence-corrected chi connectivity index (χ1v) is 9.58. The van der Waals surface area contributed by atoms with E-state index in [9.17, 15) is 0 Å². The van der Waals surface area contributed by atoms with E-state index in [2.05, 4.69) is 35.5 Å². The average Bonchev–Trinajstić information content (AvgIpc) is 3.07. The van der Waals surface area contributed by atoms with Gasteiger partial charge in [-0.3, -0.25) is 4.40 Å². The summed E-state index contributed by atoms with van der Waals surface area (Å²) in [6.45, 7) is 2.05. The molecule has 2 heterocycles. The Morgan fingerprint density at radius 1 is 0.885 bits per heavy atom. The summed E-state index contributed by atoms with van der Waals surface area (Å²) >= 11 is 1.69. The smallest absolute Gasteiger partial charge is 0.187 e. The van der Waals surface area contributed by atoms with Crippen molar-refractivity contribution in [3.05, 3.63) is 78.5 Å². The summed E-state index contributed by atoms with van der Waals surface area (Å²) in [7, 11) is 0. The molecule has 0 unspecified atom stereocenters. The molecule has 0 aliphatic carbocycles. The topological polar surface area (TPSA) is 42.0 Å². The molecule has 4 rings (SSSR count). The van der Waals surface area contributed by atoms with Gasteiger partial charge in [-0.25, -0.2) is 4.98 Å². The third-order valence-electron chi connectivity index (χ3n) is 4.18. The Kier molecular flexibility index (Phi) is 4.54. The molecule has 0 bridgehead atoms. The quantitative estimate of drug-likeness (QED) is 0.311. The molecule has 5 heteroatoms. The zero-order valence-electron chi connectivity index (χ0n) is 14.6. The molecule has 26 heavy (non-hydrogen) atoms. The number of benzene rings is 2. The van der Waals surface area contributed by atoms with E-state index in [0.717, 1.165) is 34.1 Å². The van der Waals surface area contributed by atoms with Crippen LogP contribution in [0.3, 0.4) is 0 Å². The minimum Gasteiger partial charge on any atom is -0.280 e. The van der Waals surface area contributed by atoms with Gasteiger partial charge in [-0.2, -0.15) is 0 Å². The Morgan fingerprint density at radius 2 is 1.69 bits per heavy atom. The molecule has 0 radical (unpaired) electrons. The lowest BCUT2D eigenvalue weighted by molar-refractivity contribution is 1.05. The number of aromatic nitrogens is 2. The highest BCUT2D eigenvalue weighted by atomic mass is 32.2. The lowest BCUT2D eigenvalue weighted by atomic mass is 10.1. The van der Waals surface area contributed by atoms with Crippen molar-refractivity contribution in [1.29, 1.82) is 0 Å². The van der Waals surface area contributed by atoms with Gasteiger partial charge >= 0.3 is 0 Å². The molecule has 0 saturated heterocycles. The lowest BCUT2D eigenvalue weighted by Crippen LogP contribution is -1.89. The third-order valence-corrected chi connectivity index (χ3v) is 4.90. The van der Waals surface area contributed by atoms with E-state index in [1.807, 2.05) is 65.1 Å². The molecule has 0 aliphatic rings. The molecule has 0 saturated carbocycles. The number of thioether (sulfide) groups is 1. The number of nitrogens with zero attached hydrogens (tertiary/aromatic N) is 4. The first-order chi connectivity index (χ1) is 12.8. The summed E-state index contributed by atoms with van der Waals surface area (Å²) in [5.41, 5.74) is 4.64. The molecule has 4 aromatic rings. The molecule has 4 nitrogen and oxygen atoms in total. The normalized spacial score (nSPS) is 11.5. The van der Waals surface area contributed by atoms with E-state index in [4.69, 9.17) is 4.98 Å². The molecule has 0 fully saturated rings. The van der Waals surface area contributed by atoms with Crippen LogP contribution in [0.4, 0.5) is 11.5 Å². The van der Waals surface area contributed by atoms with Crippen LogP contribution in [-0.4, -0.2) is 15.6 Å². The number of aryl methyl sites for hydroxylation is 1. The Hall–Kier alpha value is -2.92. The first-order valence-electron chi connectivity index (χ1n) is 8.35. The van der Waals surface area contributed by atoms with Crippen molar-refractivity contribution in [3.63, 3.8) is 0 Å². The third kappa shape index (κ3) is 3.13. The highest BCUT2D eigenvalue weighted by Crippen LogP contribution is 2.33. The molecule has 2 aromatic heterocycles. The van der Waals surface area contributed by atoms with E-state index in [0.29, 0.717) is 0 Å². The average molecular weight is 358 g/mol. The lowest BCUT2D eigenvalue weighted by Gasteiger charge is -2.03. The van der Waals surface area contributed by atoms with E-state index in [-0.39, 0.29) is 0 Å². The Morgan fingerprint density at radius 3 is 2.50 bits per heavy atom. The number of hydrogen-bond acceptors (Lipinski definition) is 4. The maximum Gasteiger partial charge on any atom is 0.187 e. The number of azo groups is 1. The van der Waals surface area contributed by atoms with Crippen LogP contribution in [-0.2, 0) is 0 Å².